The van der Waals surface area contributed by atoms with Gasteiger partial charge in [0.25, 0.3) is 0 Å². The number of imidazole rings is 1. The van der Waals surface area contributed by atoms with Crippen molar-refractivity contribution >= 4 is 17.2 Å². The molecule has 6 heteroatoms. The molecule has 0 aliphatic heterocycles. The fraction of sp³-hybridized carbons (Fsp3) is 0.375. The first-order chi connectivity index (χ1) is 10.6. The lowest BCUT2D eigenvalue weighted by atomic mass is 10.1. The predicted octanol–water partition coefficient (Wildman–Crippen LogP) is 2.46. The van der Waals surface area contributed by atoms with E-state index >= 15 is 0 Å². The van der Waals surface area contributed by atoms with E-state index in [2.05, 4.69) is 14.9 Å². The Morgan fingerprint density at radius 1 is 1.45 bits per heavy atom. The molecule has 0 saturated carbocycles. The van der Waals surface area contributed by atoms with Gasteiger partial charge in [-0.15, -0.1) is 0 Å². The number of nitrogens with one attached hydrogen (secondary N) is 1. The lowest BCUT2D eigenvalue weighted by Gasteiger charge is -2.10. The van der Waals surface area contributed by atoms with Crippen LogP contribution in [0.4, 0.5) is 0 Å². The third kappa shape index (κ3) is 4.46. The second kappa shape index (κ2) is 7.79. The number of methoxy groups -OCH3 is 1. The van der Waals surface area contributed by atoms with Gasteiger partial charge < -0.3 is 19.7 Å². The molecule has 0 aliphatic carbocycles. The molecule has 0 amide bonds. The minimum absolute atomic E-state index is 0.140. The minimum Gasteiger partial charge on any atom is -0.504 e. The molecule has 1 heterocycles. The number of aromatic nitrogens is 2. The van der Waals surface area contributed by atoms with Crippen LogP contribution in [-0.2, 0) is 13.0 Å². The van der Waals surface area contributed by atoms with Gasteiger partial charge in [0.2, 0.25) is 0 Å². The van der Waals surface area contributed by atoms with E-state index in [1.165, 1.54) is 12.8 Å². The van der Waals surface area contributed by atoms with Crippen LogP contribution in [0.2, 0.25) is 0 Å². The van der Waals surface area contributed by atoms with Crippen LogP contribution in [0.3, 0.4) is 0 Å². The molecule has 0 saturated heterocycles. The molecule has 0 aliphatic rings. The van der Waals surface area contributed by atoms with Gasteiger partial charge >= 0.3 is 0 Å². The van der Waals surface area contributed by atoms with Crippen molar-refractivity contribution in [3.8, 4) is 11.5 Å². The van der Waals surface area contributed by atoms with Crippen molar-refractivity contribution in [2.24, 2.45) is 0 Å². The van der Waals surface area contributed by atoms with Crippen molar-refractivity contribution in [1.29, 1.82) is 0 Å². The number of thiocarbonyl (C=S) groups is 1. The van der Waals surface area contributed by atoms with E-state index < -0.39 is 0 Å². The number of phenolic OH excluding ortho intramolecular Hbond substituents is 1. The fourth-order valence-electron chi connectivity index (χ4n) is 2.18. The Bertz CT molecular complexity index is 640. The molecular weight excluding hydrogens is 298 g/mol. The molecule has 22 heavy (non-hydrogen) atoms. The van der Waals surface area contributed by atoms with Crippen LogP contribution in [0.5, 0.6) is 11.5 Å². The molecule has 0 spiro atoms. The highest BCUT2D eigenvalue weighted by atomic mass is 32.1. The zero-order chi connectivity index (χ0) is 15.9. The van der Waals surface area contributed by atoms with Gasteiger partial charge in [-0.1, -0.05) is 18.3 Å². The average Bonchev–Trinajstić information content (AvgIpc) is 2.91. The highest BCUT2D eigenvalue weighted by molar-refractivity contribution is 7.80. The Labute approximate surface area is 135 Å². The highest BCUT2D eigenvalue weighted by Crippen LogP contribution is 2.26. The first-order valence-corrected chi connectivity index (χ1v) is 7.60. The predicted molar refractivity (Wildman–Crippen MR) is 90.5 cm³/mol. The number of aryl methyl sites for hydroxylation is 2. The standard InChI is InChI=1S/C16H21N3O2S/c1-12-10-17-11-19(12)7-3-6-18-16(22)9-13-4-5-14(20)15(8-13)21-2/h4-5,8,10-11,20H,3,6-7,9H2,1-2H3,(H,18,22). The summed E-state index contributed by atoms with van der Waals surface area (Å²) in [6.45, 7) is 3.80. The van der Waals surface area contributed by atoms with E-state index in [0.717, 1.165) is 30.1 Å². The van der Waals surface area contributed by atoms with Gasteiger partial charge in [-0.05, 0) is 31.0 Å². The molecule has 0 bridgehead atoms. The second-order valence-corrected chi connectivity index (χ2v) is 5.61. The summed E-state index contributed by atoms with van der Waals surface area (Å²) in [5.74, 6) is 0.608. The summed E-state index contributed by atoms with van der Waals surface area (Å²) in [6, 6.07) is 5.28. The van der Waals surface area contributed by atoms with Crippen LogP contribution in [-0.4, -0.2) is 33.3 Å². The summed E-state index contributed by atoms with van der Waals surface area (Å²) < 4.78 is 7.22. The molecule has 0 fully saturated rings. The van der Waals surface area contributed by atoms with E-state index in [4.69, 9.17) is 17.0 Å². The third-order valence-corrected chi connectivity index (χ3v) is 3.72. The summed E-state index contributed by atoms with van der Waals surface area (Å²) in [4.78, 5) is 4.89. The molecule has 2 N–H and O–H groups in total. The minimum atomic E-state index is 0.140. The molecule has 1 aromatic carbocycles. The Morgan fingerprint density at radius 3 is 2.95 bits per heavy atom. The summed E-state index contributed by atoms with van der Waals surface area (Å²) >= 11 is 5.35. The van der Waals surface area contributed by atoms with Crippen molar-refractivity contribution in [2.45, 2.75) is 26.3 Å². The van der Waals surface area contributed by atoms with E-state index in [1.807, 2.05) is 25.5 Å². The first kappa shape index (κ1) is 16.3. The van der Waals surface area contributed by atoms with E-state index in [1.54, 1.807) is 12.1 Å². The van der Waals surface area contributed by atoms with Crippen LogP contribution in [0.15, 0.2) is 30.7 Å². The van der Waals surface area contributed by atoms with Gasteiger partial charge in [0.15, 0.2) is 11.5 Å². The highest BCUT2D eigenvalue weighted by Gasteiger charge is 2.05. The lowest BCUT2D eigenvalue weighted by Crippen LogP contribution is -2.25. The maximum atomic E-state index is 9.57. The number of ether oxygens (including phenoxy) is 1. The largest absolute Gasteiger partial charge is 0.504 e. The quantitative estimate of drug-likeness (QED) is 0.606. The van der Waals surface area contributed by atoms with Gasteiger partial charge in [-0.3, -0.25) is 0 Å². The molecule has 5 nitrogen and oxygen atoms in total. The molecule has 0 atom stereocenters. The van der Waals surface area contributed by atoms with Crippen molar-refractivity contribution in [3.63, 3.8) is 0 Å². The fourth-order valence-corrected chi connectivity index (χ4v) is 2.45. The summed E-state index contributed by atoms with van der Waals surface area (Å²) in [6.07, 6.45) is 5.32. The summed E-state index contributed by atoms with van der Waals surface area (Å²) in [7, 11) is 1.54. The molecule has 0 unspecified atom stereocenters. The number of phenols is 1. The average molecular weight is 319 g/mol. The summed E-state index contributed by atoms with van der Waals surface area (Å²) in [5, 5.41) is 12.8. The van der Waals surface area contributed by atoms with Crippen LogP contribution < -0.4 is 10.1 Å². The Kier molecular flexibility index (Phi) is 5.77. The SMILES string of the molecule is COc1cc(CC(=S)NCCCn2cncc2C)ccc1O. The second-order valence-electron chi connectivity index (χ2n) is 5.11. The van der Waals surface area contributed by atoms with E-state index in [9.17, 15) is 5.11 Å². The molecule has 2 rings (SSSR count). The lowest BCUT2D eigenvalue weighted by molar-refractivity contribution is 0.373. The monoisotopic (exact) mass is 319 g/mol. The maximum Gasteiger partial charge on any atom is 0.160 e. The van der Waals surface area contributed by atoms with Gasteiger partial charge in [0.05, 0.1) is 18.4 Å². The van der Waals surface area contributed by atoms with E-state index in [-0.39, 0.29) is 5.75 Å². The Morgan fingerprint density at radius 2 is 2.27 bits per heavy atom. The van der Waals surface area contributed by atoms with Crippen molar-refractivity contribution in [1.82, 2.24) is 14.9 Å². The van der Waals surface area contributed by atoms with Crippen molar-refractivity contribution in [2.75, 3.05) is 13.7 Å². The zero-order valence-corrected chi connectivity index (χ0v) is 13.7. The molecule has 2 aromatic rings. The summed E-state index contributed by atoms with van der Waals surface area (Å²) in [5.41, 5.74) is 2.18. The van der Waals surface area contributed by atoms with Crippen molar-refractivity contribution < 1.29 is 9.84 Å². The number of hydrogen-bond donors (Lipinski definition) is 2. The number of benzene rings is 1. The van der Waals surface area contributed by atoms with Gasteiger partial charge in [0, 0.05) is 31.4 Å². The topological polar surface area (TPSA) is 59.3 Å². The van der Waals surface area contributed by atoms with E-state index in [0.29, 0.717) is 12.2 Å². The van der Waals surface area contributed by atoms with Crippen LogP contribution in [0.1, 0.15) is 17.7 Å². The first-order valence-electron chi connectivity index (χ1n) is 7.19. The number of rotatable bonds is 7. The smallest absolute Gasteiger partial charge is 0.160 e. The number of aromatic hydroxyl groups is 1. The van der Waals surface area contributed by atoms with Crippen LogP contribution in [0, 0.1) is 6.92 Å². The number of hydrogen-bond acceptors (Lipinski definition) is 4. The Hall–Kier alpha value is -2.08. The third-order valence-electron chi connectivity index (χ3n) is 3.43. The number of nitrogens with zero attached hydrogens (tertiary/aromatic N) is 2. The van der Waals surface area contributed by atoms with Gasteiger partial charge in [-0.25, -0.2) is 4.98 Å². The molecule has 1 aromatic heterocycles. The van der Waals surface area contributed by atoms with Crippen LogP contribution >= 0.6 is 12.2 Å². The molecule has 0 radical (unpaired) electrons. The van der Waals surface area contributed by atoms with Crippen molar-refractivity contribution in [3.05, 3.63) is 42.0 Å². The van der Waals surface area contributed by atoms with Crippen LogP contribution in [0.25, 0.3) is 0 Å². The zero-order valence-electron chi connectivity index (χ0n) is 12.9. The van der Waals surface area contributed by atoms with Gasteiger partial charge in [0.1, 0.15) is 0 Å². The molecule has 118 valence electrons. The normalized spacial score (nSPS) is 10.5. The van der Waals surface area contributed by atoms with Gasteiger partial charge in [-0.2, -0.15) is 0 Å². The molecular formula is C16H21N3O2S. The maximum absolute atomic E-state index is 9.57. The Balaban J connectivity index is 1.75.